The molecule has 0 saturated carbocycles. The summed E-state index contributed by atoms with van der Waals surface area (Å²) in [4.78, 5) is -0.312. The number of hydrogen-bond acceptors (Lipinski definition) is 4. The van der Waals surface area contributed by atoms with Crippen LogP contribution in [0.5, 0.6) is 0 Å². The molecule has 1 fully saturated rings. The van der Waals surface area contributed by atoms with E-state index in [4.69, 9.17) is 4.74 Å². The minimum Gasteiger partial charge on any atom is -0.381 e. The molecule has 0 spiro atoms. The zero-order chi connectivity index (χ0) is 15.5. The smallest absolute Gasteiger partial charge is 0.243 e. The minimum atomic E-state index is -3.86. The fourth-order valence-corrected chi connectivity index (χ4v) is 3.80. The molecule has 0 aliphatic carbocycles. The first-order valence-corrected chi connectivity index (χ1v) is 8.45. The first-order chi connectivity index (χ1) is 9.94. The predicted octanol–water partition coefficient (Wildman–Crippen LogP) is 1.25. The fraction of sp³-hybridized carbons (Fsp3) is 0.571. The van der Waals surface area contributed by atoms with Gasteiger partial charge in [-0.05, 0) is 38.1 Å². The first kappa shape index (κ1) is 16.4. The lowest BCUT2D eigenvalue weighted by Gasteiger charge is -2.19. The lowest BCUT2D eigenvalue weighted by Crippen LogP contribution is -2.38. The van der Waals surface area contributed by atoms with Gasteiger partial charge in [0, 0.05) is 25.1 Å². The van der Waals surface area contributed by atoms with Gasteiger partial charge in [-0.25, -0.2) is 17.5 Å². The van der Waals surface area contributed by atoms with Gasteiger partial charge in [0.2, 0.25) is 10.0 Å². The van der Waals surface area contributed by atoms with E-state index >= 15 is 0 Å². The van der Waals surface area contributed by atoms with Crippen molar-refractivity contribution in [2.75, 3.05) is 20.3 Å². The van der Waals surface area contributed by atoms with Crippen LogP contribution in [0, 0.1) is 11.7 Å². The van der Waals surface area contributed by atoms with Crippen LogP contribution >= 0.6 is 0 Å². The van der Waals surface area contributed by atoms with Crippen LogP contribution in [-0.4, -0.2) is 34.7 Å². The monoisotopic (exact) mass is 316 g/mol. The maximum Gasteiger partial charge on any atom is 0.243 e. The van der Waals surface area contributed by atoms with Crippen LogP contribution in [0.2, 0.25) is 0 Å². The SMILES string of the molecule is CNCc1ccc(S(=O)(=O)NC(C)C2CCOC2)c(F)c1. The second-order valence-electron chi connectivity index (χ2n) is 5.33. The summed E-state index contributed by atoms with van der Waals surface area (Å²) in [5.41, 5.74) is 0.700. The van der Waals surface area contributed by atoms with Crippen LogP contribution in [0.1, 0.15) is 18.9 Å². The third-order valence-electron chi connectivity index (χ3n) is 3.68. The van der Waals surface area contributed by atoms with Crippen molar-refractivity contribution in [2.24, 2.45) is 5.92 Å². The molecule has 5 nitrogen and oxygen atoms in total. The number of benzene rings is 1. The van der Waals surface area contributed by atoms with E-state index in [1.54, 1.807) is 20.0 Å². The van der Waals surface area contributed by atoms with Crippen molar-refractivity contribution >= 4 is 10.0 Å². The largest absolute Gasteiger partial charge is 0.381 e. The minimum absolute atomic E-state index is 0.131. The third-order valence-corrected chi connectivity index (χ3v) is 5.27. The Hall–Kier alpha value is -1.02. The Kier molecular flexibility index (Phi) is 5.32. The molecular formula is C14H21FN2O3S. The molecule has 118 valence electrons. The quantitative estimate of drug-likeness (QED) is 0.829. The average molecular weight is 316 g/mol. The van der Waals surface area contributed by atoms with E-state index in [1.165, 1.54) is 12.1 Å². The number of halogens is 1. The second kappa shape index (κ2) is 6.83. The Labute approximate surface area is 124 Å². The van der Waals surface area contributed by atoms with Gasteiger partial charge in [0.25, 0.3) is 0 Å². The van der Waals surface area contributed by atoms with E-state index in [0.717, 1.165) is 6.42 Å². The molecule has 0 aromatic heterocycles. The highest BCUT2D eigenvalue weighted by Crippen LogP contribution is 2.20. The van der Waals surface area contributed by atoms with E-state index in [1.807, 2.05) is 0 Å². The third kappa shape index (κ3) is 4.00. The van der Waals surface area contributed by atoms with Gasteiger partial charge >= 0.3 is 0 Å². The summed E-state index contributed by atoms with van der Waals surface area (Å²) in [6.07, 6.45) is 0.813. The molecule has 7 heteroatoms. The van der Waals surface area contributed by atoms with Crippen LogP contribution < -0.4 is 10.0 Å². The number of rotatable bonds is 6. The molecule has 0 radical (unpaired) electrons. The second-order valence-corrected chi connectivity index (χ2v) is 7.01. The van der Waals surface area contributed by atoms with Crippen LogP contribution in [0.3, 0.4) is 0 Å². The molecule has 0 bridgehead atoms. The molecule has 1 aliphatic heterocycles. The molecule has 0 amide bonds. The van der Waals surface area contributed by atoms with Gasteiger partial charge in [0.15, 0.2) is 0 Å². The van der Waals surface area contributed by atoms with E-state index in [-0.39, 0.29) is 16.9 Å². The van der Waals surface area contributed by atoms with Gasteiger partial charge in [-0.1, -0.05) is 6.07 Å². The number of nitrogens with one attached hydrogen (secondary N) is 2. The number of ether oxygens (including phenoxy) is 1. The summed E-state index contributed by atoms with van der Waals surface area (Å²) >= 11 is 0. The molecule has 2 atom stereocenters. The lowest BCUT2D eigenvalue weighted by molar-refractivity contribution is 0.180. The molecular weight excluding hydrogens is 295 g/mol. The van der Waals surface area contributed by atoms with Crippen LogP contribution in [-0.2, 0) is 21.3 Å². The normalized spacial score (nSPS) is 20.6. The zero-order valence-electron chi connectivity index (χ0n) is 12.2. The van der Waals surface area contributed by atoms with Crippen molar-refractivity contribution in [1.82, 2.24) is 10.0 Å². The summed E-state index contributed by atoms with van der Waals surface area (Å²) in [6.45, 7) is 3.45. The molecule has 1 aromatic rings. The van der Waals surface area contributed by atoms with Gasteiger partial charge in [-0.15, -0.1) is 0 Å². The summed E-state index contributed by atoms with van der Waals surface area (Å²) in [6, 6.07) is 3.88. The highest BCUT2D eigenvalue weighted by molar-refractivity contribution is 7.89. The first-order valence-electron chi connectivity index (χ1n) is 6.97. The molecule has 1 heterocycles. The number of hydrogen-bond donors (Lipinski definition) is 2. The topological polar surface area (TPSA) is 67.4 Å². The van der Waals surface area contributed by atoms with Crippen molar-refractivity contribution < 1.29 is 17.5 Å². The molecule has 1 saturated heterocycles. The molecule has 1 aromatic carbocycles. The Morgan fingerprint density at radius 3 is 2.81 bits per heavy atom. The average Bonchev–Trinajstić information content (AvgIpc) is 2.92. The van der Waals surface area contributed by atoms with E-state index in [2.05, 4.69) is 10.0 Å². The van der Waals surface area contributed by atoms with Gasteiger partial charge in [-0.2, -0.15) is 0 Å². The predicted molar refractivity (Wildman–Crippen MR) is 77.9 cm³/mol. The Morgan fingerprint density at radius 1 is 1.48 bits per heavy atom. The van der Waals surface area contributed by atoms with Crippen LogP contribution in [0.15, 0.2) is 23.1 Å². The molecule has 2 unspecified atom stereocenters. The van der Waals surface area contributed by atoms with Gasteiger partial charge < -0.3 is 10.1 Å². The Bertz CT molecular complexity index is 586. The summed E-state index contributed by atoms with van der Waals surface area (Å²) in [5.74, 6) is -0.600. The van der Waals surface area contributed by atoms with Crippen molar-refractivity contribution in [3.05, 3.63) is 29.6 Å². The van der Waals surface area contributed by atoms with Crippen molar-refractivity contribution in [3.63, 3.8) is 0 Å². The van der Waals surface area contributed by atoms with Crippen LogP contribution in [0.25, 0.3) is 0 Å². The Balaban J connectivity index is 2.15. The molecule has 2 N–H and O–H groups in total. The summed E-state index contributed by atoms with van der Waals surface area (Å²) in [5, 5.41) is 2.89. The Morgan fingerprint density at radius 2 is 2.24 bits per heavy atom. The van der Waals surface area contributed by atoms with E-state index < -0.39 is 15.8 Å². The molecule has 2 rings (SSSR count). The highest BCUT2D eigenvalue weighted by Gasteiger charge is 2.28. The van der Waals surface area contributed by atoms with Crippen LogP contribution in [0.4, 0.5) is 4.39 Å². The standard InChI is InChI=1S/C14H21FN2O3S/c1-10(12-5-6-20-9-12)17-21(18,19)14-4-3-11(8-16-2)7-13(14)15/h3-4,7,10,12,16-17H,5-6,8-9H2,1-2H3. The summed E-state index contributed by atoms with van der Waals surface area (Å²) in [7, 11) is -2.11. The van der Waals surface area contributed by atoms with Crippen molar-refractivity contribution in [2.45, 2.75) is 30.8 Å². The van der Waals surface area contributed by atoms with E-state index in [9.17, 15) is 12.8 Å². The molecule has 21 heavy (non-hydrogen) atoms. The maximum atomic E-state index is 14.0. The van der Waals surface area contributed by atoms with Crippen molar-refractivity contribution in [1.29, 1.82) is 0 Å². The fourth-order valence-electron chi connectivity index (χ4n) is 2.43. The lowest BCUT2D eigenvalue weighted by atomic mass is 10.0. The van der Waals surface area contributed by atoms with Gasteiger partial charge in [0.1, 0.15) is 10.7 Å². The summed E-state index contributed by atoms with van der Waals surface area (Å²) < 4.78 is 46.4. The zero-order valence-corrected chi connectivity index (χ0v) is 13.0. The molecule has 1 aliphatic rings. The van der Waals surface area contributed by atoms with E-state index in [0.29, 0.717) is 25.3 Å². The maximum absolute atomic E-state index is 14.0. The van der Waals surface area contributed by atoms with Crippen molar-refractivity contribution in [3.8, 4) is 0 Å². The number of sulfonamides is 1. The van der Waals surface area contributed by atoms with Gasteiger partial charge in [0.05, 0.1) is 6.61 Å². The van der Waals surface area contributed by atoms with Gasteiger partial charge in [-0.3, -0.25) is 0 Å². The highest BCUT2D eigenvalue weighted by atomic mass is 32.2.